The van der Waals surface area contributed by atoms with Crippen LogP contribution < -0.4 is 16.2 Å². The maximum absolute atomic E-state index is 14.5. The molecule has 1 aromatic heterocycles. The molecule has 2 aromatic rings. The minimum atomic E-state index is -0.617. The number of aryl methyl sites for hydroxylation is 1. The number of carbonyl (C=O) groups is 1. The van der Waals surface area contributed by atoms with Crippen LogP contribution in [0.1, 0.15) is 27.2 Å². The predicted molar refractivity (Wildman–Crippen MR) is 81.6 cm³/mol. The van der Waals surface area contributed by atoms with Crippen LogP contribution in [0.3, 0.4) is 0 Å². The number of hydrogen-bond acceptors (Lipinski definition) is 3. The second kappa shape index (κ2) is 5.73. The van der Waals surface area contributed by atoms with Crippen molar-refractivity contribution < 1.29 is 9.18 Å². The number of amides is 1. The zero-order valence-corrected chi connectivity index (χ0v) is 12.1. The first-order chi connectivity index (χ1) is 10.6. The Labute approximate surface area is 126 Å². The zero-order valence-electron chi connectivity index (χ0n) is 12.1. The van der Waals surface area contributed by atoms with Gasteiger partial charge in [0, 0.05) is 12.2 Å². The molecule has 0 saturated carbocycles. The summed E-state index contributed by atoms with van der Waals surface area (Å²) in [6.45, 7) is 3.05. The van der Waals surface area contributed by atoms with Gasteiger partial charge in [0.2, 0.25) is 0 Å². The van der Waals surface area contributed by atoms with Crippen LogP contribution in [0.4, 0.5) is 10.1 Å². The third-order valence-corrected chi connectivity index (χ3v) is 3.76. The Bertz CT molecular complexity index is 798. The van der Waals surface area contributed by atoms with Gasteiger partial charge in [-0.05, 0) is 49.2 Å². The number of carbonyl (C=O) groups excluding carboxylic acids is 1. The van der Waals surface area contributed by atoms with Gasteiger partial charge >= 0.3 is 0 Å². The molecule has 1 aliphatic rings. The normalized spacial score (nSPS) is 13.5. The molecule has 0 spiro atoms. The van der Waals surface area contributed by atoms with Gasteiger partial charge in [-0.1, -0.05) is 6.07 Å². The number of hydrogen-bond donors (Lipinski definition) is 3. The molecule has 3 N–H and O–H groups in total. The van der Waals surface area contributed by atoms with Crippen molar-refractivity contribution in [3.63, 3.8) is 0 Å². The summed E-state index contributed by atoms with van der Waals surface area (Å²) in [6.07, 6.45) is 0.579. The number of halogens is 1. The monoisotopic (exact) mass is 301 g/mol. The maximum Gasteiger partial charge on any atom is 0.261 e. The molecule has 114 valence electrons. The van der Waals surface area contributed by atoms with Crippen molar-refractivity contribution in [2.75, 3.05) is 11.9 Å². The number of benzene rings is 1. The molecule has 3 rings (SSSR count). The second-order valence-electron chi connectivity index (χ2n) is 5.33. The van der Waals surface area contributed by atoms with E-state index in [9.17, 15) is 14.0 Å². The molecule has 0 radical (unpaired) electrons. The minimum Gasteiger partial charge on any atom is -0.326 e. The van der Waals surface area contributed by atoms with Crippen LogP contribution in [0.5, 0.6) is 0 Å². The molecule has 0 unspecified atom stereocenters. The van der Waals surface area contributed by atoms with Crippen molar-refractivity contribution in [3.05, 3.63) is 62.8 Å². The molecule has 0 saturated heterocycles. The summed E-state index contributed by atoms with van der Waals surface area (Å²) in [5.41, 5.74) is 1.76. The third-order valence-electron chi connectivity index (χ3n) is 3.76. The molecule has 22 heavy (non-hydrogen) atoms. The van der Waals surface area contributed by atoms with Crippen molar-refractivity contribution in [2.45, 2.75) is 19.9 Å². The van der Waals surface area contributed by atoms with Crippen molar-refractivity contribution in [2.24, 2.45) is 0 Å². The number of nitrogens with one attached hydrogen (secondary N) is 3. The van der Waals surface area contributed by atoms with Gasteiger partial charge in [-0.2, -0.15) is 0 Å². The Morgan fingerprint density at radius 2 is 2.09 bits per heavy atom. The SMILES string of the molecule is Cc1ccc(C(=O)Nc2ccc3c(c2F)CCNC3)c(=O)[nH]1. The van der Waals surface area contributed by atoms with Crippen molar-refractivity contribution in [3.8, 4) is 0 Å². The Balaban J connectivity index is 1.90. The van der Waals surface area contributed by atoms with Crippen molar-refractivity contribution >= 4 is 11.6 Å². The lowest BCUT2D eigenvalue weighted by molar-refractivity contribution is 0.102. The molecule has 0 aliphatic carbocycles. The van der Waals surface area contributed by atoms with E-state index < -0.39 is 17.3 Å². The molecule has 1 aromatic carbocycles. The molecule has 1 aliphatic heterocycles. The molecular formula is C16H16FN3O2. The highest BCUT2D eigenvalue weighted by atomic mass is 19.1. The number of pyridine rings is 1. The van der Waals surface area contributed by atoms with E-state index in [1.54, 1.807) is 19.1 Å². The third kappa shape index (κ3) is 2.65. The Morgan fingerprint density at radius 1 is 1.27 bits per heavy atom. The quantitative estimate of drug-likeness (QED) is 0.791. The van der Waals surface area contributed by atoms with E-state index in [4.69, 9.17) is 0 Å². The topological polar surface area (TPSA) is 74.0 Å². The summed E-state index contributed by atoms with van der Waals surface area (Å²) in [5.74, 6) is -1.04. The van der Waals surface area contributed by atoms with Crippen LogP contribution in [0.15, 0.2) is 29.1 Å². The van der Waals surface area contributed by atoms with Gasteiger partial charge in [-0.3, -0.25) is 9.59 Å². The van der Waals surface area contributed by atoms with E-state index >= 15 is 0 Å². The number of fused-ring (bicyclic) bond motifs is 1. The highest BCUT2D eigenvalue weighted by Crippen LogP contribution is 2.24. The molecule has 0 fully saturated rings. The Kier molecular flexibility index (Phi) is 3.77. The summed E-state index contributed by atoms with van der Waals surface area (Å²) >= 11 is 0. The number of H-pyrrole nitrogens is 1. The van der Waals surface area contributed by atoms with Gasteiger partial charge in [0.25, 0.3) is 11.5 Å². The average molecular weight is 301 g/mol. The number of anilines is 1. The highest BCUT2D eigenvalue weighted by Gasteiger charge is 2.18. The highest BCUT2D eigenvalue weighted by molar-refractivity contribution is 6.04. The van der Waals surface area contributed by atoms with Gasteiger partial charge in [0.05, 0.1) is 5.69 Å². The van der Waals surface area contributed by atoms with Crippen LogP contribution in [-0.4, -0.2) is 17.4 Å². The lowest BCUT2D eigenvalue weighted by atomic mass is 9.99. The van der Waals surface area contributed by atoms with Crippen molar-refractivity contribution in [1.82, 2.24) is 10.3 Å². The van der Waals surface area contributed by atoms with Gasteiger partial charge in [-0.15, -0.1) is 0 Å². The number of aromatic amines is 1. The minimum absolute atomic E-state index is 0.0376. The number of aromatic nitrogens is 1. The molecule has 5 nitrogen and oxygen atoms in total. The second-order valence-corrected chi connectivity index (χ2v) is 5.33. The fourth-order valence-electron chi connectivity index (χ4n) is 2.57. The summed E-state index contributed by atoms with van der Waals surface area (Å²) in [4.78, 5) is 26.5. The van der Waals surface area contributed by atoms with Gasteiger partial charge in [0.15, 0.2) is 0 Å². The summed E-state index contributed by atoms with van der Waals surface area (Å²) in [5, 5.41) is 5.65. The fraction of sp³-hybridized carbons (Fsp3) is 0.250. The van der Waals surface area contributed by atoms with Gasteiger partial charge in [-0.25, -0.2) is 4.39 Å². The van der Waals surface area contributed by atoms with E-state index in [-0.39, 0.29) is 11.3 Å². The first-order valence-corrected chi connectivity index (χ1v) is 7.08. The zero-order chi connectivity index (χ0) is 15.7. The molecule has 2 heterocycles. The first-order valence-electron chi connectivity index (χ1n) is 7.08. The summed E-state index contributed by atoms with van der Waals surface area (Å²) in [7, 11) is 0. The standard InChI is InChI=1S/C16H16FN3O2/c1-9-2-4-12(15(21)19-9)16(22)20-13-5-3-10-8-18-7-6-11(10)14(13)17/h2-5,18H,6-8H2,1H3,(H,19,21)(H,20,22). The molecule has 0 bridgehead atoms. The summed E-state index contributed by atoms with van der Waals surface area (Å²) < 4.78 is 14.5. The van der Waals surface area contributed by atoms with Gasteiger partial charge < -0.3 is 15.6 Å². The molecule has 0 atom stereocenters. The van der Waals surface area contributed by atoms with Crippen molar-refractivity contribution in [1.29, 1.82) is 0 Å². The smallest absolute Gasteiger partial charge is 0.261 e. The molecule has 6 heteroatoms. The Hall–Kier alpha value is -2.47. The largest absolute Gasteiger partial charge is 0.326 e. The molecule has 1 amide bonds. The summed E-state index contributed by atoms with van der Waals surface area (Å²) in [6, 6.07) is 6.38. The van der Waals surface area contributed by atoms with Crippen LogP contribution >= 0.6 is 0 Å². The van der Waals surface area contributed by atoms with Gasteiger partial charge in [0.1, 0.15) is 11.4 Å². The average Bonchev–Trinajstić information content (AvgIpc) is 2.50. The van der Waals surface area contributed by atoms with E-state index in [1.165, 1.54) is 12.1 Å². The first kappa shape index (κ1) is 14.5. The maximum atomic E-state index is 14.5. The van der Waals surface area contributed by atoms with Crippen LogP contribution in [0, 0.1) is 12.7 Å². The van der Waals surface area contributed by atoms with E-state index in [0.717, 1.165) is 5.56 Å². The van der Waals surface area contributed by atoms with Crippen LogP contribution in [-0.2, 0) is 13.0 Å². The lowest BCUT2D eigenvalue weighted by Gasteiger charge is -2.19. The fourth-order valence-corrected chi connectivity index (χ4v) is 2.57. The predicted octanol–water partition coefficient (Wildman–Crippen LogP) is 1.72. The van der Waals surface area contributed by atoms with E-state index in [2.05, 4.69) is 15.6 Å². The lowest BCUT2D eigenvalue weighted by Crippen LogP contribution is -2.26. The van der Waals surface area contributed by atoms with Crippen LogP contribution in [0.2, 0.25) is 0 Å². The van der Waals surface area contributed by atoms with E-state index in [1.807, 2.05) is 0 Å². The van der Waals surface area contributed by atoms with Crippen LogP contribution in [0.25, 0.3) is 0 Å². The van der Waals surface area contributed by atoms with E-state index in [0.29, 0.717) is 30.8 Å². The number of rotatable bonds is 2. The molecular weight excluding hydrogens is 285 g/mol. The Morgan fingerprint density at radius 3 is 2.86 bits per heavy atom.